The van der Waals surface area contributed by atoms with Crippen molar-refractivity contribution >= 4 is 46.0 Å². The number of aromatic nitrogens is 1. The molecule has 3 heterocycles. The Morgan fingerprint density at radius 1 is 1.10 bits per heavy atom. The summed E-state index contributed by atoms with van der Waals surface area (Å²) < 4.78 is 0. The van der Waals surface area contributed by atoms with Crippen LogP contribution < -0.4 is 4.90 Å². The molecule has 0 radical (unpaired) electrons. The average Bonchev–Trinajstić information content (AvgIpc) is 3.38. The van der Waals surface area contributed by atoms with Crippen LogP contribution in [-0.4, -0.2) is 34.8 Å². The number of aryl methyl sites for hydroxylation is 1. The maximum atomic E-state index is 13.6. The number of likely N-dealkylation sites (N-methyl/N-ethyl adjacent to an activating group) is 1. The Morgan fingerprint density at radius 3 is 2.52 bits per heavy atom. The Kier molecular flexibility index (Phi) is 6.20. The number of imide groups is 1. The number of halogens is 1. The zero-order chi connectivity index (χ0) is 22.0. The van der Waals surface area contributed by atoms with Crippen LogP contribution in [0.1, 0.15) is 22.9 Å². The topological polar surface area (TPSA) is 53.5 Å². The van der Waals surface area contributed by atoms with Gasteiger partial charge in [-0.15, -0.1) is 11.3 Å². The predicted octanol–water partition coefficient (Wildman–Crippen LogP) is 4.95. The van der Waals surface area contributed by atoms with Gasteiger partial charge in [-0.3, -0.25) is 14.6 Å². The number of hydrogen-bond acceptors (Lipinski definition) is 5. The number of rotatable bonds is 7. The molecular weight excluding hydrogens is 430 g/mol. The fraction of sp³-hybridized carbons (Fsp3) is 0.208. The zero-order valence-electron chi connectivity index (χ0n) is 17.3. The van der Waals surface area contributed by atoms with E-state index in [0.717, 1.165) is 22.4 Å². The van der Waals surface area contributed by atoms with Gasteiger partial charge in [0.1, 0.15) is 5.70 Å². The number of amides is 2. The molecule has 2 amide bonds. The maximum Gasteiger partial charge on any atom is 0.282 e. The van der Waals surface area contributed by atoms with Crippen LogP contribution in [0.5, 0.6) is 0 Å². The van der Waals surface area contributed by atoms with Gasteiger partial charge in [-0.1, -0.05) is 23.7 Å². The maximum absolute atomic E-state index is 13.6. The third-order valence-corrected chi connectivity index (χ3v) is 6.65. The third-order valence-electron chi connectivity index (χ3n) is 5.36. The van der Waals surface area contributed by atoms with Crippen molar-refractivity contribution in [2.45, 2.75) is 20.3 Å². The highest BCUT2D eigenvalue weighted by molar-refractivity contribution is 7.11. The van der Waals surface area contributed by atoms with E-state index in [0.29, 0.717) is 35.1 Å². The van der Waals surface area contributed by atoms with Crippen LogP contribution in [0.15, 0.2) is 65.9 Å². The summed E-state index contributed by atoms with van der Waals surface area (Å²) in [6, 6.07) is 13.0. The Morgan fingerprint density at radius 2 is 1.87 bits per heavy atom. The molecule has 0 unspecified atom stereocenters. The number of nitrogens with zero attached hydrogens (tertiary/aromatic N) is 3. The third kappa shape index (κ3) is 4.13. The molecule has 158 valence electrons. The summed E-state index contributed by atoms with van der Waals surface area (Å²) in [6.45, 7) is 5.11. The van der Waals surface area contributed by atoms with E-state index in [1.54, 1.807) is 24.5 Å². The van der Waals surface area contributed by atoms with Gasteiger partial charge in [-0.25, -0.2) is 4.90 Å². The van der Waals surface area contributed by atoms with E-state index < -0.39 is 0 Å². The van der Waals surface area contributed by atoms with Gasteiger partial charge in [0, 0.05) is 35.4 Å². The lowest BCUT2D eigenvalue weighted by atomic mass is 10.1. The minimum atomic E-state index is -0.315. The van der Waals surface area contributed by atoms with Gasteiger partial charge in [-0.05, 0) is 67.1 Å². The quantitative estimate of drug-likeness (QED) is 0.477. The molecule has 3 aromatic rings. The number of thiophene rings is 1. The standard InChI is InChI=1S/C24H22ClN3O2S/c1-3-27(13-10-17-8-11-26-12-9-17)22-21(20-5-4-14-31-20)23(29)28(24(22)30)18-7-6-16(2)19(25)15-18/h4-9,11-12,14-15H,3,10,13H2,1-2H3. The molecule has 31 heavy (non-hydrogen) atoms. The zero-order valence-corrected chi connectivity index (χ0v) is 18.9. The summed E-state index contributed by atoms with van der Waals surface area (Å²) in [5, 5.41) is 2.44. The Balaban J connectivity index is 1.73. The molecule has 0 atom stereocenters. The minimum absolute atomic E-state index is 0.315. The fourth-order valence-electron chi connectivity index (χ4n) is 3.65. The number of anilines is 1. The molecule has 1 aliphatic heterocycles. The Hall–Kier alpha value is -2.96. The van der Waals surface area contributed by atoms with E-state index in [2.05, 4.69) is 4.98 Å². The molecule has 0 bridgehead atoms. The monoisotopic (exact) mass is 451 g/mol. The number of carbonyl (C=O) groups excluding carboxylic acids is 2. The highest BCUT2D eigenvalue weighted by atomic mass is 35.5. The predicted molar refractivity (Wildman–Crippen MR) is 125 cm³/mol. The van der Waals surface area contributed by atoms with Gasteiger partial charge < -0.3 is 4.90 Å². The van der Waals surface area contributed by atoms with Crippen molar-refractivity contribution in [3.63, 3.8) is 0 Å². The van der Waals surface area contributed by atoms with Gasteiger partial charge in [0.15, 0.2) is 0 Å². The van der Waals surface area contributed by atoms with Crippen molar-refractivity contribution in [3.8, 4) is 0 Å². The lowest BCUT2D eigenvalue weighted by Gasteiger charge is -2.24. The van der Waals surface area contributed by atoms with Crippen LogP contribution in [0.2, 0.25) is 5.02 Å². The molecule has 0 saturated carbocycles. The SMILES string of the molecule is CCN(CCc1ccncc1)C1=C(c2cccs2)C(=O)N(c2ccc(C)c(Cl)c2)C1=O. The van der Waals surface area contributed by atoms with Crippen molar-refractivity contribution < 1.29 is 9.59 Å². The smallest absolute Gasteiger partial charge is 0.282 e. The first-order chi connectivity index (χ1) is 15.0. The summed E-state index contributed by atoms with van der Waals surface area (Å²) in [7, 11) is 0. The average molecular weight is 452 g/mol. The number of carbonyl (C=O) groups is 2. The summed E-state index contributed by atoms with van der Waals surface area (Å²) in [5.41, 5.74) is 3.41. The molecule has 0 saturated heterocycles. The molecule has 2 aromatic heterocycles. The molecule has 0 N–H and O–H groups in total. The largest absolute Gasteiger partial charge is 0.366 e. The first-order valence-electron chi connectivity index (χ1n) is 10.1. The van der Waals surface area contributed by atoms with Crippen LogP contribution >= 0.6 is 22.9 Å². The fourth-order valence-corrected chi connectivity index (χ4v) is 4.59. The van der Waals surface area contributed by atoms with Gasteiger partial charge in [0.2, 0.25) is 0 Å². The van der Waals surface area contributed by atoms with Crippen molar-refractivity contribution in [3.05, 3.63) is 87.0 Å². The van der Waals surface area contributed by atoms with Gasteiger partial charge >= 0.3 is 0 Å². The van der Waals surface area contributed by atoms with E-state index in [1.807, 2.05) is 54.5 Å². The molecule has 7 heteroatoms. The highest BCUT2D eigenvalue weighted by Crippen LogP contribution is 2.37. The molecule has 0 spiro atoms. The molecule has 4 rings (SSSR count). The second kappa shape index (κ2) is 9.04. The first-order valence-corrected chi connectivity index (χ1v) is 11.3. The molecule has 0 aliphatic carbocycles. The normalized spacial score (nSPS) is 14.0. The van der Waals surface area contributed by atoms with Crippen LogP contribution in [-0.2, 0) is 16.0 Å². The van der Waals surface area contributed by atoms with Gasteiger partial charge in [0.05, 0.1) is 11.3 Å². The number of hydrogen-bond donors (Lipinski definition) is 0. The van der Waals surface area contributed by atoms with Crippen LogP contribution in [0, 0.1) is 6.92 Å². The van der Waals surface area contributed by atoms with Crippen LogP contribution in [0.4, 0.5) is 5.69 Å². The highest BCUT2D eigenvalue weighted by Gasteiger charge is 2.42. The second-order valence-corrected chi connectivity index (χ2v) is 8.62. The van der Waals surface area contributed by atoms with E-state index in [1.165, 1.54) is 16.2 Å². The van der Waals surface area contributed by atoms with Crippen molar-refractivity contribution in [1.82, 2.24) is 9.88 Å². The van der Waals surface area contributed by atoms with Crippen LogP contribution in [0.3, 0.4) is 0 Å². The summed E-state index contributed by atoms with van der Waals surface area (Å²) in [5.74, 6) is -0.630. The lowest BCUT2D eigenvalue weighted by Crippen LogP contribution is -2.36. The minimum Gasteiger partial charge on any atom is -0.366 e. The van der Waals surface area contributed by atoms with Gasteiger partial charge in [0.25, 0.3) is 11.8 Å². The van der Waals surface area contributed by atoms with E-state index in [-0.39, 0.29) is 11.8 Å². The summed E-state index contributed by atoms with van der Waals surface area (Å²) >= 11 is 7.75. The van der Waals surface area contributed by atoms with Gasteiger partial charge in [-0.2, -0.15) is 0 Å². The summed E-state index contributed by atoms with van der Waals surface area (Å²) in [4.78, 5) is 35.2. The number of benzene rings is 1. The lowest BCUT2D eigenvalue weighted by molar-refractivity contribution is -0.120. The second-order valence-electron chi connectivity index (χ2n) is 7.27. The molecular formula is C24H22ClN3O2S. The van der Waals surface area contributed by atoms with E-state index >= 15 is 0 Å². The number of pyridine rings is 1. The van der Waals surface area contributed by atoms with Crippen LogP contribution in [0.25, 0.3) is 5.57 Å². The molecule has 1 aliphatic rings. The van der Waals surface area contributed by atoms with Crippen molar-refractivity contribution in [2.24, 2.45) is 0 Å². The Bertz CT molecular complexity index is 1140. The Labute approximate surface area is 190 Å². The molecule has 1 aromatic carbocycles. The summed E-state index contributed by atoms with van der Waals surface area (Å²) in [6.07, 6.45) is 4.26. The van der Waals surface area contributed by atoms with E-state index in [4.69, 9.17) is 11.6 Å². The van der Waals surface area contributed by atoms with Crippen molar-refractivity contribution in [1.29, 1.82) is 0 Å². The molecule has 0 fully saturated rings. The van der Waals surface area contributed by atoms with Crippen molar-refractivity contribution in [2.75, 3.05) is 18.0 Å². The first kappa shape index (κ1) is 21.3. The molecule has 5 nitrogen and oxygen atoms in total. The van der Waals surface area contributed by atoms with E-state index in [9.17, 15) is 9.59 Å².